The molecule has 1 saturated heterocycles. The molecule has 18 heavy (non-hydrogen) atoms. The van der Waals surface area contributed by atoms with E-state index >= 15 is 0 Å². The van der Waals surface area contributed by atoms with Gasteiger partial charge in [-0.15, -0.1) is 0 Å². The van der Waals surface area contributed by atoms with Crippen LogP contribution in [0.25, 0.3) is 0 Å². The van der Waals surface area contributed by atoms with Crippen LogP contribution in [-0.4, -0.2) is 11.8 Å². The van der Waals surface area contributed by atoms with E-state index in [1.54, 1.807) is 0 Å². The van der Waals surface area contributed by atoms with Crippen LogP contribution in [0, 0.1) is 19.8 Å². The molecule has 2 unspecified atom stereocenters. The Morgan fingerprint density at radius 1 is 1.28 bits per heavy atom. The highest BCUT2D eigenvalue weighted by Crippen LogP contribution is 2.35. The first kappa shape index (κ1) is 12.8. The molecule has 1 aromatic rings. The van der Waals surface area contributed by atoms with E-state index in [9.17, 15) is 9.59 Å². The summed E-state index contributed by atoms with van der Waals surface area (Å²) in [5, 5.41) is 2.44. The topological polar surface area (TPSA) is 46.2 Å². The van der Waals surface area contributed by atoms with Crippen molar-refractivity contribution in [1.29, 1.82) is 0 Å². The van der Waals surface area contributed by atoms with E-state index in [4.69, 9.17) is 0 Å². The summed E-state index contributed by atoms with van der Waals surface area (Å²) in [6.07, 6.45) is 1.17. The van der Waals surface area contributed by atoms with Crippen LogP contribution in [0.15, 0.2) is 18.2 Å². The SMILES string of the molecule is CCC1C(=O)NC(=O)CC1c1cc(C)ccc1C. The molecule has 0 saturated carbocycles. The molecule has 0 radical (unpaired) electrons. The van der Waals surface area contributed by atoms with Gasteiger partial charge in [-0.2, -0.15) is 0 Å². The number of carbonyl (C=O) groups excluding carboxylic acids is 2. The van der Waals surface area contributed by atoms with Gasteiger partial charge in [0, 0.05) is 18.3 Å². The third kappa shape index (κ3) is 2.30. The molecule has 1 aliphatic rings. The van der Waals surface area contributed by atoms with Crippen LogP contribution in [0.1, 0.15) is 42.4 Å². The lowest BCUT2D eigenvalue weighted by atomic mass is 9.77. The number of amides is 2. The molecule has 3 nitrogen and oxygen atoms in total. The summed E-state index contributed by atoms with van der Waals surface area (Å²) in [5.41, 5.74) is 3.47. The van der Waals surface area contributed by atoms with Crippen molar-refractivity contribution in [2.75, 3.05) is 0 Å². The van der Waals surface area contributed by atoms with Crippen LogP contribution in [0.5, 0.6) is 0 Å². The molecule has 0 bridgehead atoms. The van der Waals surface area contributed by atoms with E-state index in [0.29, 0.717) is 6.42 Å². The summed E-state index contributed by atoms with van der Waals surface area (Å²) in [6, 6.07) is 6.23. The highest BCUT2D eigenvalue weighted by molar-refractivity contribution is 5.99. The van der Waals surface area contributed by atoms with Gasteiger partial charge in [0.2, 0.25) is 11.8 Å². The Kier molecular flexibility index (Phi) is 3.50. The van der Waals surface area contributed by atoms with Crippen molar-refractivity contribution in [3.8, 4) is 0 Å². The van der Waals surface area contributed by atoms with Gasteiger partial charge in [-0.25, -0.2) is 0 Å². The second-order valence-electron chi connectivity index (χ2n) is 5.10. The lowest BCUT2D eigenvalue weighted by Crippen LogP contribution is -2.44. The summed E-state index contributed by atoms with van der Waals surface area (Å²) in [7, 11) is 0. The van der Waals surface area contributed by atoms with Crippen molar-refractivity contribution < 1.29 is 9.59 Å². The number of benzene rings is 1. The minimum atomic E-state index is -0.157. The maximum absolute atomic E-state index is 11.9. The van der Waals surface area contributed by atoms with Gasteiger partial charge in [0.1, 0.15) is 0 Å². The predicted molar refractivity (Wildman–Crippen MR) is 70.2 cm³/mol. The monoisotopic (exact) mass is 245 g/mol. The van der Waals surface area contributed by atoms with E-state index in [2.05, 4.69) is 23.5 Å². The number of carbonyl (C=O) groups is 2. The number of imide groups is 1. The fraction of sp³-hybridized carbons (Fsp3) is 0.467. The molecule has 2 atom stereocenters. The smallest absolute Gasteiger partial charge is 0.230 e. The zero-order chi connectivity index (χ0) is 13.3. The van der Waals surface area contributed by atoms with Gasteiger partial charge < -0.3 is 0 Å². The van der Waals surface area contributed by atoms with Crippen molar-refractivity contribution in [3.05, 3.63) is 34.9 Å². The van der Waals surface area contributed by atoms with Gasteiger partial charge in [-0.1, -0.05) is 30.7 Å². The predicted octanol–water partition coefficient (Wildman–Crippen LogP) is 2.46. The summed E-state index contributed by atoms with van der Waals surface area (Å²) in [6.45, 7) is 6.07. The third-order valence-electron chi connectivity index (χ3n) is 3.76. The Bertz CT molecular complexity index is 493. The summed E-state index contributed by atoms with van der Waals surface area (Å²) in [5.74, 6) is -0.352. The normalized spacial score (nSPS) is 23.9. The molecule has 1 aliphatic heterocycles. The van der Waals surface area contributed by atoms with Crippen molar-refractivity contribution in [1.82, 2.24) is 5.32 Å². The maximum atomic E-state index is 11.9. The minimum Gasteiger partial charge on any atom is -0.296 e. The maximum Gasteiger partial charge on any atom is 0.230 e. The van der Waals surface area contributed by atoms with Gasteiger partial charge in [-0.3, -0.25) is 14.9 Å². The van der Waals surface area contributed by atoms with Crippen molar-refractivity contribution in [2.45, 2.75) is 39.5 Å². The van der Waals surface area contributed by atoms with E-state index in [1.807, 2.05) is 20.8 Å². The first-order valence-electron chi connectivity index (χ1n) is 6.43. The van der Waals surface area contributed by atoms with Crippen LogP contribution < -0.4 is 5.32 Å². The highest BCUT2D eigenvalue weighted by Gasteiger charge is 2.36. The molecule has 1 heterocycles. The number of piperidine rings is 1. The lowest BCUT2D eigenvalue weighted by Gasteiger charge is -2.30. The zero-order valence-electron chi connectivity index (χ0n) is 11.1. The fourth-order valence-electron chi connectivity index (χ4n) is 2.76. The lowest BCUT2D eigenvalue weighted by molar-refractivity contribution is -0.137. The van der Waals surface area contributed by atoms with Crippen molar-refractivity contribution >= 4 is 11.8 Å². The van der Waals surface area contributed by atoms with Crippen molar-refractivity contribution in [2.24, 2.45) is 5.92 Å². The Morgan fingerprint density at radius 2 is 2.00 bits per heavy atom. The molecule has 0 aromatic heterocycles. The zero-order valence-corrected chi connectivity index (χ0v) is 11.1. The second-order valence-corrected chi connectivity index (χ2v) is 5.10. The Hall–Kier alpha value is -1.64. The second kappa shape index (κ2) is 4.92. The molecule has 3 heteroatoms. The van der Waals surface area contributed by atoms with Gasteiger partial charge in [0.05, 0.1) is 0 Å². The quantitative estimate of drug-likeness (QED) is 0.813. The van der Waals surface area contributed by atoms with E-state index in [1.165, 1.54) is 5.56 Å². The average molecular weight is 245 g/mol. The molecule has 0 spiro atoms. The first-order chi connectivity index (χ1) is 8.52. The Labute approximate surface area is 108 Å². The number of aryl methyl sites for hydroxylation is 2. The molecule has 2 amide bonds. The molecule has 0 aliphatic carbocycles. The number of hydrogen-bond donors (Lipinski definition) is 1. The average Bonchev–Trinajstić information content (AvgIpc) is 2.31. The third-order valence-corrected chi connectivity index (χ3v) is 3.76. The molecule has 2 rings (SSSR count). The first-order valence-corrected chi connectivity index (χ1v) is 6.43. The van der Waals surface area contributed by atoms with E-state index in [-0.39, 0.29) is 23.7 Å². The largest absolute Gasteiger partial charge is 0.296 e. The molecule has 1 N–H and O–H groups in total. The van der Waals surface area contributed by atoms with Crippen LogP contribution in [0.4, 0.5) is 0 Å². The van der Waals surface area contributed by atoms with Crippen LogP contribution in [0.2, 0.25) is 0 Å². The minimum absolute atomic E-state index is 0.0242. The van der Waals surface area contributed by atoms with Gasteiger partial charge >= 0.3 is 0 Å². The number of nitrogens with one attached hydrogen (secondary N) is 1. The highest BCUT2D eigenvalue weighted by atomic mass is 16.2. The summed E-state index contributed by atoms with van der Waals surface area (Å²) in [4.78, 5) is 23.5. The number of rotatable bonds is 2. The molecular weight excluding hydrogens is 226 g/mol. The number of hydrogen-bond acceptors (Lipinski definition) is 2. The van der Waals surface area contributed by atoms with Crippen LogP contribution in [0.3, 0.4) is 0 Å². The molecule has 1 fully saturated rings. The van der Waals surface area contributed by atoms with Gasteiger partial charge in [0.15, 0.2) is 0 Å². The van der Waals surface area contributed by atoms with E-state index in [0.717, 1.165) is 17.5 Å². The molecule has 96 valence electrons. The van der Waals surface area contributed by atoms with Crippen molar-refractivity contribution in [3.63, 3.8) is 0 Å². The van der Waals surface area contributed by atoms with Gasteiger partial charge in [0.25, 0.3) is 0 Å². The summed E-state index contributed by atoms with van der Waals surface area (Å²) < 4.78 is 0. The van der Waals surface area contributed by atoms with E-state index < -0.39 is 0 Å². The Balaban J connectivity index is 2.42. The van der Waals surface area contributed by atoms with Crippen LogP contribution in [-0.2, 0) is 9.59 Å². The fourth-order valence-corrected chi connectivity index (χ4v) is 2.76. The standard InChI is InChI=1S/C15H19NO2/c1-4-11-13(8-14(17)16-15(11)18)12-7-9(2)5-6-10(12)3/h5-7,11,13H,4,8H2,1-3H3,(H,16,17,18). The van der Waals surface area contributed by atoms with Gasteiger partial charge in [-0.05, 0) is 31.4 Å². The molecule has 1 aromatic carbocycles. The molecular formula is C15H19NO2. The van der Waals surface area contributed by atoms with Crippen LogP contribution >= 0.6 is 0 Å². The summed E-state index contributed by atoms with van der Waals surface area (Å²) >= 11 is 0. The Morgan fingerprint density at radius 3 is 2.67 bits per heavy atom.